The van der Waals surface area contributed by atoms with E-state index in [2.05, 4.69) is 163 Å². The summed E-state index contributed by atoms with van der Waals surface area (Å²) >= 11 is 0. The minimum absolute atomic E-state index is 0. The smallest absolute Gasteiger partial charge is 0.496 e. The van der Waals surface area contributed by atoms with Crippen LogP contribution in [0.15, 0.2) is 109 Å². The van der Waals surface area contributed by atoms with Gasteiger partial charge in [-0.15, -0.1) is 0 Å². The number of methoxy groups -OCH3 is 2. The Balaban J connectivity index is 0.000000833. The zero-order valence-electron chi connectivity index (χ0n) is 31.7. The van der Waals surface area contributed by atoms with Crippen LogP contribution in [0.25, 0.3) is 0 Å². The van der Waals surface area contributed by atoms with E-state index < -0.39 is 15.8 Å². The van der Waals surface area contributed by atoms with Crippen molar-refractivity contribution in [2.24, 2.45) is 0 Å². The van der Waals surface area contributed by atoms with Crippen LogP contribution in [0.5, 0.6) is 11.5 Å². The van der Waals surface area contributed by atoms with E-state index in [1.165, 1.54) is 66.2 Å². The van der Waals surface area contributed by atoms with E-state index in [4.69, 9.17) is 9.47 Å². The van der Waals surface area contributed by atoms with Crippen molar-refractivity contribution in [1.82, 2.24) is 0 Å². The first kappa shape index (κ1) is 41.2. The molecule has 0 aliphatic heterocycles. The summed E-state index contributed by atoms with van der Waals surface area (Å²) in [7, 11) is 1.99. The van der Waals surface area contributed by atoms with Crippen molar-refractivity contribution < 1.29 is 26.5 Å². The van der Waals surface area contributed by atoms with Gasteiger partial charge >= 0.3 is 17.1 Å². The van der Waals surface area contributed by atoms with E-state index in [9.17, 15) is 0 Å². The fraction of sp³-hybridized carbons (Fsp3) is 0.167. The number of hydrogen-bond acceptors (Lipinski definition) is 2. The van der Waals surface area contributed by atoms with Gasteiger partial charge < -0.3 is 9.47 Å². The van der Waals surface area contributed by atoms with E-state index in [1.54, 1.807) is 14.2 Å². The van der Waals surface area contributed by atoms with Crippen LogP contribution in [0.1, 0.15) is 34.7 Å². The van der Waals surface area contributed by atoms with Crippen molar-refractivity contribution in [3.63, 3.8) is 0 Å². The molecule has 0 bridgehead atoms. The van der Waals surface area contributed by atoms with Crippen LogP contribution in [0.3, 0.4) is 0 Å². The Bertz CT molecular complexity index is 1750. The third-order valence-electron chi connectivity index (χ3n) is 9.56. The predicted octanol–water partition coefficient (Wildman–Crippen LogP) is 9.36. The molecule has 0 amide bonds. The summed E-state index contributed by atoms with van der Waals surface area (Å²) in [5.41, 5.74) is 6.27. The van der Waals surface area contributed by atoms with Gasteiger partial charge in [-0.1, -0.05) is 91.9 Å². The minimum Gasteiger partial charge on any atom is -0.496 e. The molecule has 10 radical (unpaired) electrons. The summed E-state index contributed by atoms with van der Waals surface area (Å²) < 4.78 is 11.6. The summed E-state index contributed by atoms with van der Waals surface area (Å²) in [5.74, 6) is 4.65. The van der Waals surface area contributed by atoms with Crippen molar-refractivity contribution in [3.05, 3.63) is 200 Å². The standard InChI is InChI=1S/C43H43O2P2.C5H5.Fe/c1-29-25-36(26-30(2)42(29)44-6)46(37-27-31(3)43(45-7)32(4)28-37)33(5)38-22-16-23-39(38)40-21-14-15-24-41(40)47(34-17-10-8-11-18-34)35-19-12-9-13-20-35;1-2-4-5-3-1;/h8-28,33H,1-7H3;1-5H;/q;;+2/t33-;;/m1../s1. The topological polar surface area (TPSA) is 18.5 Å². The maximum Gasteiger partial charge on any atom is 2.00 e. The van der Waals surface area contributed by atoms with Crippen LogP contribution in [0.4, 0.5) is 0 Å². The fourth-order valence-corrected chi connectivity index (χ4v) is 12.8. The molecule has 2 aliphatic carbocycles. The molecule has 5 heteroatoms. The van der Waals surface area contributed by atoms with Gasteiger partial charge in [-0.2, -0.15) is 0 Å². The second-order valence-corrected chi connectivity index (χ2v) is 17.9. The molecule has 2 nitrogen and oxygen atoms in total. The molecule has 2 aliphatic rings. The average Bonchev–Trinajstić information content (AvgIpc) is 3.90. The van der Waals surface area contributed by atoms with Gasteiger partial charge in [0.05, 0.1) is 14.2 Å². The van der Waals surface area contributed by atoms with E-state index in [1.807, 2.05) is 32.1 Å². The third kappa shape index (κ3) is 9.49. The van der Waals surface area contributed by atoms with E-state index in [0.717, 1.165) is 11.5 Å². The summed E-state index contributed by atoms with van der Waals surface area (Å²) in [5, 5.41) is 6.83. The number of hydrogen-bond donors (Lipinski definition) is 0. The molecule has 2 saturated carbocycles. The zero-order chi connectivity index (χ0) is 36.6. The molecule has 0 heterocycles. The molecule has 0 saturated heterocycles. The van der Waals surface area contributed by atoms with Crippen LogP contribution in [0, 0.1) is 90.9 Å². The SMILES string of the molecule is COc1c(C)cc(P(c2cc(C)c(OC)c(C)c2)[C@H](C)[C]2[CH][CH][CH][C]2c2ccccc2P(c2ccccc2)c2ccccc2)cc1C.[CH]1[CH][CH][CH][CH]1.[Fe+2]. The monoisotopic (exact) mass is 774 g/mol. The maximum atomic E-state index is 5.80. The molecular formula is C48H48FeO2P2+2. The van der Waals surface area contributed by atoms with Crippen LogP contribution in [-0.2, 0) is 17.1 Å². The summed E-state index contributed by atoms with van der Waals surface area (Å²) in [6.07, 6.45) is 16.9. The van der Waals surface area contributed by atoms with Gasteiger partial charge in [0.25, 0.3) is 0 Å². The molecule has 0 aromatic heterocycles. The number of rotatable bonds is 10. The largest absolute Gasteiger partial charge is 2.00 e. The van der Waals surface area contributed by atoms with Gasteiger partial charge in [-0.05, 0) is 185 Å². The van der Waals surface area contributed by atoms with Gasteiger partial charge in [0.1, 0.15) is 11.5 Å². The molecule has 2 fully saturated rings. The Morgan fingerprint density at radius 1 is 0.491 bits per heavy atom. The van der Waals surface area contributed by atoms with Crippen molar-refractivity contribution in [1.29, 1.82) is 0 Å². The molecular weight excluding hydrogens is 726 g/mol. The molecule has 1 atom stereocenters. The molecule has 7 rings (SSSR count). The minimum atomic E-state index is -0.787. The summed E-state index contributed by atoms with van der Waals surface area (Å²) in [4.78, 5) is 0. The third-order valence-corrected chi connectivity index (χ3v) is 14.7. The molecule has 5 aromatic rings. The van der Waals surface area contributed by atoms with Crippen molar-refractivity contribution >= 4 is 42.4 Å². The molecule has 5 aromatic carbocycles. The maximum absolute atomic E-state index is 5.80. The second-order valence-electron chi connectivity index (χ2n) is 13.2. The normalized spacial score (nSPS) is 15.2. The Morgan fingerprint density at radius 2 is 0.906 bits per heavy atom. The van der Waals surface area contributed by atoms with Crippen molar-refractivity contribution in [2.75, 3.05) is 14.2 Å². The Morgan fingerprint density at radius 3 is 1.34 bits per heavy atom. The van der Waals surface area contributed by atoms with Gasteiger partial charge in [0, 0.05) is 5.92 Å². The van der Waals surface area contributed by atoms with Crippen LogP contribution < -0.4 is 36.0 Å². The first-order valence-electron chi connectivity index (χ1n) is 17.8. The first-order valence-corrected chi connectivity index (χ1v) is 20.6. The average molecular weight is 775 g/mol. The number of aryl methyl sites for hydroxylation is 4. The molecule has 0 unspecified atom stereocenters. The second kappa shape index (κ2) is 19.6. The predicted molar refractivity (Wildman–Crippen MR) is 226 cm³/mol. The van der Waals surface area contributed by atoms with Crippen molar-refractivity contribution in [2.45, 2.75) is 40.3 Å². The van der Waals surface area contributed by atoms with Gasteiger partial charge in [0.15, 0.2) is 0 Å². The zero-order valence-corrected chi connectivity index (χ0v) is 34.5. The first-order chi connectivity index (χ1) is 25.3. The van der Waals surface area contributed by atoms with Crippen LogP contribution in [-0.4, -0.2) is 19.9 Å². The summed E-state index contributed by atoms with van der Waals surface area (Å²) in [6, 6.07) is 40.5. The van der Waals surface area contributed by atoms with Gasteiger partial charge in [0.2, 0.25) is 0 Å². The Kier molecular flexibility index (Phi) is 15.3. The van der Waals surface area contributed by atoms with Crippen LogP contribution >= 0.6 is 15.8 Å². The molecule has 53 heavy (non-hydrogen) atoms. The van der Waals surface area contributed by atoms with Gasteiger partial charge in [-0.3, -0.25) is 0 Å². The quantitative estimate of drug-likeness (QED) is 0.104. The van der Waals surface area contributed by atoms with E-state index in [0.29, 0.717) is 0 Å². The van der Waals surface area contributed by atoms with Gasteiger partial charge in [-0.25, -0.2) is 0 Å². The van der Waals surface area contributed by atoms with Crippen LogP contribution in [0.2, 0.25) is 0 Å². The van der Waals surface area contributed by atoms with Crippen molar-refractivity contribution in [3.8, 4) is 11.5 Å². The van der Waals surface area contributed by atoms with E-state index >= 15 is 0 Å². The van der Waals surface area contributed by atoms with E-state index in [-0.39, 0.29) is 22.7 Å². The molecule has 0 N–H and O–H groups in total. The molecule has 268 valence electrons. The summed E-state index contributed by atoms with van der Waals surface area (Å²) in [6.45, 7) is 11.1. The number of benzene rings is 5. The molecule has 0 spiro atoms. The number of ether oxygens (including phenoxy) is 2. The Labute approximate surface area is 333 Å². The Hall–Kier alpha value is -2.92. The fourth-order valence-electron chi connectivity index (χ4n) is 7.35.